The van der Waals surface area contributed by atoms with E-state index in [0.717, 1.165) is 16.7 Å². The van der Waals surface area contributed by atoms with E-state index in [1.807, 2.05) is 32.9 Å². The van der Waals surface area contributed by atoms with E-state index in [1.54, 1.807) is 0 Å². The van der Waals surface area contributed by atoms with Crippen LogP contribution in [-0.2, 0) is 0 Å². The summed E-state index contributed by atoms with van der Waals surface area (Å²) in [5, 5.41) is 8.45. The van der Waals surface area contributed by atoms with Crippen LogP contribution in [0.3, 0.4) is 0 Å². The van der Waals surface area contributed by atoms with Crippen LogP contribution in [0.5, 0.6) is 0 Å². The van der Waals surface area contributed by atoms with Gasteiger partial charge in [-0.25, -0.2) is 9.18 Å². The lowest BCUT2D eigenvalue weighted by molar-refractivity contribution is 0.0953. The maximum Gasteiger partial charge on any atom is 0.315 e. The summed E-state index contributed by atoms with van der Waals surface area (Å²) >= 11 is 0. The fourth-order valence-corrected chi connectivity index (χ4v) is 2.75. The molecule has 0 aliphatic carbocycles. The molecule has 3 N–H and O–H groups in total. The summed E-state index contributed by atoms with van der Waals surface area (Å²) in [4.78, 5) is 23.9. The van der Waals surface area contributed by atoms with Crippen LogP contribution >= 0.6 is 0 Å². The largest absolute Gasteiger partial charge is 0.352 e. The van der Waals surface area contributed by atoms with Gasteiger partial charge in [-0.15, -0.1) is 0 Å². The molecule has 0 spiro atoms. The highest BCUT2D eigenvalue weighted by Gasteiger charge is 2.11. The molecule has 0 aliphatic rings. The van der Waals surface area contributed by atoms with E-state index in [0.29, 0.717) is 25.1 Å². The first-order chi connectivity index (χ1) is 12.9. The monoisotopic (exact) mass is 371 g/mol. The molecule has 1 unspecified atom stereocenters. The van der Waals surface area contributed by atoms with Crippen molar-refractivity contribution in [1.82, 2.24) is 16.0 Å². The molecule has 27 heavy (non-hydrogen) atoms. The first-order valence-corrected chi connectivity index (χ1v) is 9.02. The SMILES string of the molecule is Cc1ccc(C)c(C(C)NC(=O)NCCCNC(=O)c2ccc(F)cc2)c1. The van der Waals surface area contributed by atoms with Gasteiger partial charge in [0.05, 0.1) is 6.04 Å². The normalized spacial score (nSPS) is 11.6. The molecule has 144 valence electrons. The Labute approximate surface area is 159 Å². The Hall–Kier alpha value is -2.89. The van der Waals surface area contributed by atoms with Gasteiger partial charge in [0.15, 0.2) is 0 Å². The van der Waals surface area contributed by atoms with Crippen LogP contribution in [0.15, 0.2) is 42.5 Å². The third-order valence-electron chi connectivity index (χ3n) is 4.28. The topological polar surface area (TPSA) is 70.2 Å². The Morgan fingerprint density at radius 2 is 1.67 bits per heavy atom. The summed E-state index contributed by atoms with van der Waals surface area (Å²) in [6.07, 6.45) is 0.595. The van der Waals surface area contributed by atoms with E-state index in [-0.39, 0.29) is 23.8 Å². The Morgan fingerprint density at radius 1 is 1.00 bits per heavy atom. The van der Waals surface area contributed by atoms with Crippen LogP contribution in [0.4, 0.5) is 9.18 Å². The Balaban J connectivity index is 1.68. The molecule has 0 aromatic heterocycles. The molecule has 0 aliphatic heterocycles. The second-order valence-corrected chi connectivity index (χ2v) is 6.60. The second kappa shape index (κ2) is 9.71. The van der Waals surface area contributed by atoms with Gasteiger partial charge in [0.2, 0.25) is 0 Å². The van der Waals surface area contributed by atoms with Crippen molar-refractivity contribution in [3.63, 3.8) is 0 Å². The number of hydrogen-bond acceptors (Lipinski definition) is 2. The molecule has 2 aromatic carbocycles. The Kier molecular flexibility index (Phi) is 7.34. The highest BCUT2D eigenvalue weighted by molar-refractivity contribution is 5.94. The maximum absolute atomic E-state index is 12.8. The predicted molar refractivity (Wildman–Crippen MR) is 104 cm³/mol. The van der Waals surface area contributed by atoms with Crippen LogP contribution in [0.25, 0.3) is 0 Å². The molecule has 2 aromatic rings. The van der Waals surface area contributed by atoms with Crippen molar-refractivity contribution in [2.75, 3.05) is 13.1 Å². The molecule has 5 nitrogen and oxygen atoms in total. The first-order valence-electron chi connectivity index (χ1n) is 9.02. The van der Waals surface area contributed by atoms with Gasteiger partial charge < -0.3 is 16.0 Å². The number of carbonyl (C=O) groups excluding carboxylic acids is 2. The molecule has 0 bridgehead atoms. The summed E-state index contributed by atoms with van der Waals surface area (Å²) in [6.45, 7) is 6.85. The number of rotatable bonds is 7. The summed E-state index contributed by atoms with van der Waals surface area (Å²) in [7, 11) is 0. The summed E-state index contributed by atoms with van der Waals surface area (Å²) in [5.74, 6) is -0.639. The first kappa shape index (κ1) is 20.4. The smallest absolute Gasteiger partial charge is 0.315 e. The number of amides is 3. The molecule has 0 fully saturated rings. The molecule has 6 heteroatoms. The van der Waals surface area contributed by atoms with Crippen LogP contribution < -0.4 is 16.0 Å². The average molecular weight is 371 g/mol. The van der Waals surface area contributed by atoms with Crippen molar-refractivity contribution in [2.24, 2.45) is 0 Å². The van der Waals surface area contributed by atoms with Crippen molar-refractivity contribution >= 4 is 11.9 Å². The van der Waals surface area contributed by atoms with E-state index in [2.05, 4.69) is 22.0 Å². The average Bonchev–Trinajstić information content (AvgIpc) is 2.63. The quantitative estimate of drug-likeness (QED) is 0.651. The minimum atomic E-state index is -0.378. The molecule has 1 atom stereocenters. The van der Waals surface area contributed by atoms with E-state index < -0.39 is 0 Å². The zero-order valence-electron chi connectivity index (χ0n) is 15.9. The van der Waals surface area contributed by atoms with E-state index >= 15 is 0 Å². The van der Waals surface area contributed by atoms with Crippen molar-refractivity contribution < 1.29 is 14.0 Å². The van der Waals surface area contributed by atoms with E-state index in [9.17, 15) is 14.0 Å². The second-order valence-electron chi connectivity index (χ2n) is 6.60. The molecule has 2 rings (SSSR count). The molecular weight excluding hydrogens is 345 g/mol. The third-order valence-corrected chi connectivity index (χ3v) is 4.28. The molecule has 0 saturated heterocycles. The van der Waals surface area contributed by atoms with Crippen molar-refractivity contribution in [3.8, 4) is 0 Å². The molecule has 0 radical (unpaired) electrons. The highest BCUT2D eigenvalue weighted by Crippen LogP contribution is 2.18. The Bertz CT molecular complexity index is 791. The minimum absolute atomic E-state index is 0.0944. The lowest BCUT2D eigenvalue weighted by atomic mass is 10.0. The zero-order chi connectivity index (χ0) is 19.8. The Morgan fingerprint density at radius 3 is 2.37 bits per heavy atom. The van der Waals surface area contributed by atoms with Crippen LogP contribution in [0.1, 0.15) is 46.4 Å². The van der Waals surface area contributed by atoms with Crippen LogP contribution in [-0.4, -0.2) is 25.0 Å². The predicted octanol–water partition coefficient (Wildman–Crippen LogP) is 3.62. The van der Waals surface area contributed by atoms with Gasteiger partial charge in [-0.05, 0) is 62.6 Å². The molecular formula is C21H26FN3O2. The number of carbonyl (C=O) groups is 2. The van der Waals surface area contributed by atoms with Crippen molar-refractivity contribution in [2.45, 2.75) is 33.2 Å². The number of aryl methyl sites for hydroxylation is 2. The van der Waals surface area contributed by atoms with Gasteiger partial charge in [0, 0.05) is 18.7 Å². The fourth-order valence-electron chi connectivity index (χ4n) is 2.75. The molecule has 0 heterocycles. The summed E-state index contributed by atoms with van der Waals surface area (Å²) < 4.78 is 12.8. The lowest BCUT2D eigenvalue weighted by Crippen LogP contribution is -2.38. The summed E-state index contributed by atoms with van der Waals surface area (Å²) in [6, 6.07) is 11.2. The van der Waals surface area contributed by atoms with Crippen LogP contribution in [0.2, 0.25) is 0 Å². The number of benzene rings is 2. The number of urea groups is 1. The zero-order valence-corrected chi connectivity index (χ0v) is 15.9. The standard InChI is InChI=1S/C21H26FN3O2/c1-14-5-6-15(2)19(13-14)16(3)25-21(27)24-12-4-11-23-20(26)17-7-9-18(22)10-8-17/h5-10,13,16H,4,11-12H2,1-3H3,(H,23,26)(H2,24,25,27). The van der Waals surface area contributed by atoms with E-state index in [4.69, 9.17) is 0 Å². The van der Waals surface area contributed by atoms with E-state index in [1.165, 1.54) is 24.3 Å². The maximum atomic E-state index is 12.8. The van der Waals surface area contributed by atoms with Crippen LogP contribution in [0, 0.1) is 19.7 Å². The third kappa shape index (κ3) is 6.40. The number of halogens is 1. The van der Waals surface area contributed by atoms with Gasteiger partial charge in [-0.1, -0.05) is 23.8 Å². The highest BCUT2D eigenvalue weighted by atomic mass is 19.1. The van der Waals surface area contributed by atoms with Crippen molar-refractivity contribution in [3.05, 3.63) is 70.5 Å². The number of nitrogens with one attached hydrogen (secondary N) is 3. The summed E-state index contributed by atoms with van der Waals surface area (Å²) in [5.41, 5.74) is 3.79. The van der Waals surface area contributed by atoms with Gasteiger partial charge in [-0.3, -0.25) is 4.79 Å². The number of hydrogen-bond donors (Lipinski definition) is 3. The van der Waals surface area contributed by atoms with Gasteiger partial charge in [0.1, 0.15) is 5.82 Å². The molecule has 0 saturated carbocycles. The minimum Gasteiger partial charge on any atom is -0.352 e. The lowest BCUT2D eigenvalue weighted by Gasteiger charge is -2.18. The molecule has 3 amide bonds. The van der Waals surface area contributed by atoms with Gasteiger partial charge in [0.25, 0.3) is 5.91 Å². The van der Waals surface area contributed by atoms with Gasteiger partial charge in [-0.2, -0.15) is 0 Å². The van der Waals surface area contributed by atoms with Crippen molar-refractivity contribution in [1.29, 1.82) is 0 Å². The fraction of sp³-hybridized carbons (Fsp3) is 0.333. The van der Waals surface area contributed by atoms with Gasteiger partial charge >= 0.3 is 6.03 Å².